The molecule has 402 valence electrons. The van der Waals surface area contributed by atoms with Crippen molar-refractivity contribution in [3.05, 3.63) is 146 Å². The molecule has 6 fully saturated rings. The molecule has 0 amide bonds. The van der Waals surface area contributed by atoms with E-state index in [2.05, 4.69) is 175 Å². The van der Waals surface area contributed by atoms with Gasteiger partial charge < -0.3 is 29.4 Å². The lowest BCUT2D eigenvalue weighted by molar-refractivity contribution is 0.577. The zero-order valence-corrected chi connectivity index (χ0v) is 46.8. The van der Waals surface area contributed by atoms with Crippen LogP contribution < -0.4 is 29.4 Å². The van der Waals surface area contributed by atoms with Gasteiger partial charge in [0.05, 0.1) is 0 Å². The van der Waals surface area contributed by atoms with E-state index in [-0.39, 0.29) is 0 Å². The maximum atomic E-state index is 2.61. The van der Waals surface area contributed by atoms with Crippen LogP contribution in [0.4, 0.5) is 34.1 Å². The summed E-state index contributed by atoms with van der Waals surface area (Å²) in [6, 6.07) is 55.4. The first-order chi connectivity index (χ1) is 38.7. The molecule has 0 saturated carbocycles. The highest BCUT2D eigenvalue weighted by molar-refractivity contribution is 6.12. The van der Waals surface area contributed by atoms with Crippen LogP contribution >= 0.6 is 0 Å². The molecule has 9 aromatic carbocycles. The molecule has 0 atom stereocenters. The van der Waals surface area contributed by atoms with Crippen molar-refractivity contribution < 1.29 is 0 Å². The van der Waals surface area contributed by atoms with Crippen molar-refractivity contribution in [1.82, 2.24) is 0 Å². The molecule has 0 unspecified atom stereocenters. The Morgan fingerprint density at radius 3 is 0.449 bits per heavy atom. The summed E-state index contributed by atoms with van der Waals surface area (Å²) in [5.74, 6) is 0. The number of piperidine rings is 6. The average molecular weight is 1030 g/mol. The molecular formula is C72H84N6. The normalized spacial score (nSPS) is 18.6. The number of anilines is 6. The lowest BCUT2D eigenvalue weighted by atomic mass is 9.98. The van der Waals surface area contributed by atoms with E-state index in [1.165, 1.54) is 293 Å². The third-order valence-corrected chi connectivity index (χ3v) is 18.7. The summed E-state index contributed by atoms with van der Waals surface area (Å²) in [5.41, 5.74) is 8.62. The minimum Gasteiger partial charge on any atom is -0.371 e. The molecule has 78 heavy (non-hydrogen) atoms. The second kappa shape index (κ2) is 23.7. The Morgan fingerprint density at radius 2 is 0.308 bits per heavy atom. The fourth-order valence-electron chi connectivity index (χ4n) is 14.5. The molecule has 15 rings (SSSR count). The van der Waals surface area contributed by atoms with Gasteiger partial charge >= 0.3 is 0 Å². The van der Waals surface area contributed by atoms with Crippen LogP contribution in [0.15, 0.2) is 146 Å². The summed E-state index contributed by atoms with van der Waals surface area (Å²) in [7, 11) is 0. The molecule has 9 aromatic rings. The Morgan fingerprint density at radius 1 is 0.167 bits per heavy atom. The Labute approximate surface area is 465 Å². The van der Waals surface area contributed by atoms with Crippen LogP contribution in [0, 0.1) is 0 Å². The highest BCUT2D eigenvalue weighted by Crippen LogP contribution is 2.42. The van der Waals surface area contributed by atoms with Crippen LogP contribution in [0.2, 0.25) is 0 Å². The first kappa shape index (κ1) is 50.8. The van der Waals surface area contributed by atoms with Crippen LogP contribution in [-0.2, 0) is 0 Å². The lowest BCUT2D eigenvalue weighted by Gasteiger charge is -2.33. The fourth-order valence-corrected chi connectivity index (χ4v) is 14.5. The lowest BCUT2D eigenvalue weighted by Crippen LogP contribution is -2.31. The molecule has 0 bridgehead atoms. The van der Waals surface area contributed by atoms with Gasteiger partial charge in [0.1, 0.15) is 0 Å². The summed E-state index contributed by atoms with van der Waals surface area (Å²) >= 11 is 0. The summed E-state index contributed by atoms with van der Waals surface area (Å²) < 4.78 is 0. The minimum absolute atomic E-state index is 1.20. The van der Waals surface area contributed by atoms with Crippen LogP contribution in [0.5, 0.6) is 0 Å². The van der Waals surface area contributed by atoms with Crippen LogP contribution in [0.1, 0.15) is 116 Å². The molecule has 0 N–H and O–H groups in total. The predicted octanol–water partition coefficient (Wildman–Crippen LogP) is 17.9. The summed E-state index contributed by atoms with van der Waals surface area (Å²) in [6.07, 6.45) is 24.1. The monoisotopic (exact) mass is 1030 g/mol. The number of fused-ring (bicyclic) bond motifs is 6. The van der Waals surface area contributed by atoms with Crippen LogP contribution in [0.3, 0.4) is 0 Å². The zero-order chi connectivity index (χ0) is 52.0. The van der Waals surface area contributed by atoms with Crippen molar-refractivity contribution in [2.45, 2.75) is 116 Å². The predicted molar refractivity (Wildman–Crippen MR) is 341 cm³/mol. The van der Waals surface area contributed by atoms with Gasteiger partial charge in [0.25, 0.3) is 0 Å². The van der Waals surface area contributed by atoms with Gasteiger partial charge in [0.15, 0.2) is 0 Å². The molecule has 6 saturated heterocycles. The second-order valence-corrected chi connectivity index (χ2v) is 23.8. The Balaban J connectivity index is 0.000000111. The third kappa shape index (κ3) is 10.8. The molecule has 0 aliphatic carbocycles. The van der Waals surface area contributed by atoms with E-state index in [9.17, 15) is 0 Å². The van der Waals surface area contributed by atoms with Crippen molar-refractivity contribution >= 4 is 98.8 Å². The van der Waals surface area contributed by atoms with E-state index < -0.39 is 0 Å². The molecule has 6 aliphatic rings. The van der Waals surface area contributed by atoms with Crippen LogP contribution in [0.25, 0.3) is 64.6 Å². The Hall–Kier alpha value is -6.66. The first-order valence-corrected chi connectivity index (χ1v) is 31.1. The first-order valence-electron chi connectivity index (χ1n) is 31.1. The van der Waals surface area contributed by atoms with Gasteiger partial charge in [-0.2, -0.15) is 0 Å². The maximum absolute atomic E-state index is 2.61. The third-order valence-electron chi connectivity index (χ3n) is 18.7. The van der Waals surface area contributed by atoms with E-state index in [1.54, 1.807) is 0 Å². The number of benzene rings is 9. The minimum atomic E-state index is 1.20. The number of hydrogen-bond acceptors (Lipinski definition) is 6. The highest BCUT2D eigenvalue weighted by Gasteiger charge is 2.23. The number of rotatable bonds is 6. The Bertz CT molecular complexity index is 2890. The smallest absolute Gasteiger partial charge is 0.0447 e. The highest BCUT2D eigenvalue weighted by atomic mass is 15.2. The quantitative estimate of drug-likeness (QED) is 0.154. The summed E-state index contributed by atoms with van der Waals surface area (Å²) in [4.78, 5) is 15.7. The van der Waals surface area contributed by atoms with Gasteiger partial charge in [-0.15, -0.1) is 0 Å². The van der Waals surface area contributed by atoms with Crippen molar-refractivity contribution in [2.75, 3.05) is 108 Å². The topological polar surface area (TPSA) is 19.4 Å². The van der Waals surface area contributed by atoms with Crippen molar-refractivity contribution in [1.29, 1.82) is 0 Å². The van der Waals surface area contributed by atoms with Gasteiger partial charge in [-0.05, 0) is 221 Å². The summed E-state index contributed by atoms with van der Waals surface area (Å²) in [5, 5.41) is 16.8. The largest absolute Gasteiger partial charge is 0.371 e. The van der Waals surface area contributed by atoms with E-state index in [0.717, 1.165) is 0 Å². The molecule has 6 heterocycles. The van der Waals surface area contributed by atoms with Crippen molar-refractivity contribution in [3.8, 4) is 0 Å². The van der Waals surface area contributed by atoms with E-state index in [0.29, 0.717) is 0 Å². The van der Waals surface area contributed by atoms with Crippen LogP contribution in [-0.4, -0.2) is 78.5 Å². The molecule has 0 spiro atoms. The number of hydrogen-bond donors (Lipinski definition) is 0. The number of nitrogens with zero attached hydrogens (tertiary/aromatic N) is 6. The van der Waals surface area contributed by atoms with Crippen molar-refractivity contribution in [3.63, 3.8) is 0 Å². The molecule has 6 nitrogen and oxygen atoms in total. The van der Waals surface area contributed by atoms with E-state index in [4.69, 9.17) is 0 Å². The molecular weight excluding hydrogens is 949 g/mol. The van der Waals surface area contributed by atoms with Gasteiger partial charge in [-0.25, -0.2) is 0 Å². The van der Waals surface area contributed by atoms with E-state index >= 15 is 0 Å². The second-order valence-electron chi connectivity index (χ2n) is 23.8. The van der Waals surface area contributed by atoms with Gasteiger partial charge in [-0.3, -0.25) is 0 Å². The van der Waals surface area contributed by atoms with Gasteiger partial charge in [0, 0.05) is 145 Å². The molecule has 0 radical (unpaired) electrons. The zero-order valence-electron chi connectivity index (χ0n) is 46.8. The Kier molecular flexibility index (Phi) is 15.5. The standard InChI is InChI=1S/3C24H28N2/c3*1-5-13-25(14-6-1)23-11-12-24(26-15-7-2-8-16-26)22-18-20-10-4-3-9-19(20)17-21(22)23/h3*3-4,9-12,17-18H,1-2,5-8,13-16H2. The van der Waals surface area contributed by atoms with E-state index in [1.807, 2.05) is 0 Å². The molecule has 0 aromatic heterocycles. The van der Waals surface area contributed by atoms with Gasteiger partial charge in [-0.1, -0.05) is 72.8 Å². The maximum Gasteiger partial charge on any atom is 0.0447 e. The van der Waals surface area contributed by atoms with Crippen molar-refractivity contribution in [2.24, 2.45) is 0 Å². The van der Waals surface area contributed by atoms with Gasteiger partial charge in [0.2, 0.25) is 0 Å². The SMILES string of the molecule is c1ccc2cc3c(N4CCCCC4)ccc(N4CCCCC4)c3cc2c1.c1ccc2cc3c(N4CCCCC4)ccc(N4CCCCC4)c3cc2c1.c1ccc2cc3c(N4CCCCC4)ccc(N4CCCCC4)c3cc2c1. The fraction of sp³-hybridized carbons (Fsp3) is 0.417. The average Bonchev–Trinajstić information content (AvgIpc) is 3.64. The molecule has 6 aliphatic heterocycles. The molecule has 6 heteroatoms. The summed E-state index contributed by atoms with van der Waals surface area (Å²) in [6.45, 7) is 14.4.